The van der Waals surface area contributed by atoms with E-state index in [1.807, 2.05) is 12.1 Å². The first-order chi connectivity index (χ1) is 13.6. The lowest BCUT2D eigenvalue weighted by atomic mass is 9.87. The fourth-order valence-electron chi connectivity index (χ4n) is 3.28. The molecular formula is C23H32O5. The number of carbonyl (C=O) groups is 2. The highest BCUT2D eigenvalue weighted by Crippen LogP contribution is 2.28. The number of hydrogen-bond acceptors (Lipinski definition) is 5. The molecule has 0 unspecified atom stereocenters. The smallest absolute Gasteiger partial charge is 0.330 e. The van der Waals surface area contributed by atoms with E-state index >= 15 is 0 Å². The van der Waals surface area contributed by atoms with E-state index in [1.165, 1.54) is 25.3 Å². The van der Waals surface area contributed by atoms with E-state index in [0.29, 0.717) is 38.0 Å². The third-order valence-corrected chi connectivity index (χ3v) is 4.90. The molecule has 0 spiro atoms. The van der Waals surface area contributed by atoms with Gasteiger partial charge in [-0.2, -0.15) is 0 Å². The lowest BCUT2D eigenvalue weighted by molar-refractivity contribution is -0.147. The molecule has 0 amide bonds. The minimum absolute atomic E-state index is 0.110. The Bertz CT molecular complexity index is 627. The van der Waals surface area contributed by atoms with Gasteiger partial charge < -0.3 is 14.2 Å². The van der Waals surface area contributed by atoms with Crippen molar-refractivity contribution < 1.29 is 23.8 Å². The molecule has 0 N–H and O–H groups in total. The molecule has 2 rings (SSSR count). The summed E-state index contributed by atoms with van der Waals surface area (Å²) in [6.07, 6.45) is 10.4. The van der Waals surface area contributed by atoms with Crippen LogP contribution in [0, 0.1) is 5.92 Å². The van der Waals surface area contributed by atoms with E-state index in [2.05, 4.69) is 6.92 Å². The number of rotatable bonds is 10. The molecule has 1 aromatic rings. The summed E-state index contributed by atoms with van der Waals surface area (Å²) in [4.78, 5) is 23.9. The van der Waals surface area contributed by atoms with E-state index < -0.39 is 0 Å². The third-order valence-electron chi connectivity index (χ3n) is 4.90. The van der Waals surface area contributed by atoms with Gasteiger partial charge in [0.2, 0.25) is 0 Å². The summed E-state index contributed by atoms with van der Waals surface area (Å²) in [5.41, 5.74) is 0. The second-order valence-electron chi connectivity index (χ2n) is 7.21. The Morgan fingerprint density at radius 1 is 1.00 bits per heavy atom. The van der Waals surface area contributed by atoms with Crippen LogP contribution < -0.4 is 9.47 Å². The SMILES string of the molecule is CC=CC(=O)OC1CCC(C(=O)Oc2ccc(OCCCCCC)cc2)CC1. The molecule has 1 aliphatic rings. The van der Waals surface area contributed by atoms with Crippen LogP contribution in [-0.4, -0.2) is 24.6 Å². The van der Waals surface area contributed by atoms with Gasteiger partial charge in [0.05, 0.1) is 12.5 Å². The van der Waals surface area contributed by atoms with E-state index in [0.717, 1.165) is 12.2 Å². The number of unbranched alkanes of at least 4 members (excludes halogenated alkanes) is 3. The van der Waals surface area contributed by atoms with Crippen molar-refractivity contribution in [1.82, 2.24) is 0 Å². The molecule has 0 aliphatic heterocycles. The molecule has 1 saturated carbocycles. The van der Waals surface area contributed by atoms with Crippen molar-refractivity contribution >= 4 is 11.9 Å². The third kappa shape index (κ3) is 7.75. The molecule has 154 valence electrons. The standard InChI is InChI=1S/C23H32O5/c1-3-5-6-7-17-26-19-13-15-21(16-14-19)28-23(25)18-9-11-20(12-10-18)27-22(24)8-4-2/h4,8,13-16,18,20H,3,5-7,9-12,17H2,1-2H3. The van der Waals surface area contributed by atoms with Gasteiger partial charge in [0, 0.05) is 6.08 Å². The Balaban J connectivity index is 1.70. The minimum atomic E-state index is -0.318. The van der Waals surface area contributed by atoms with Gasteiger partial charge in [0.25, 0.3) is 0 Å². The fourth-order valence-corrected chi connectivity index (χ4v) is 3.28. The quantitative estimate of drug-likeness (QED) is 0.238. The molecule has 5 nitrogen and oxygen atoms in total. The molecule has 1 aromatic carbocycles. The van der Waals surface area contributed by atoms with Crippen molar-refractivity contribution in [2.24, 2.45) is 5.92 Å². The molecule has 1 aliphatic carbocycles. The van der Waals surface area contributed by atoms with Crippen molar-refractivity contribution in [2.75, 3.05) is 6.61 Å². The van der Waals surface area contributed by atoms with E-state index in [1.54, 1.807) is 25.1 Å². The molecule has 1 fully saturated rings. The van der Waals surface area contributed by atoms with Crippen LogP contribution in [0.1, 0.15) is 65.2 Å². The van der Waals surface area contributed by atoms with E-state index in [4.69, 9.17) is 14.2 Å². The maximum absolute atomic E-state index is 12.4. The summed E-state index contributed by atoms with van der Waals surface area (Å²) in [5.74, 6) is 0.642. The van der Waals surface area contributed by atoms with Crippen LogP contribution in [-0.2, 0) is 14.3 Å². The Labute approximate surface area is 168 Å². The molecule has 0 aromatic heterocycles. The van der Waals surface area contributed by atoms with Crippen LogP contribution in [0.15, 0.2) is 36.4 Å². The zero-order chi connectivity index (χ0) is 20.2. The van der Waals surface area contributed by atoms with Crippen LogP contribution in [0.2, 0.25) is 0 Å². The Hall–Kier alpha value is -2.30. The minimum Gasteiger partial charge on any atom is -0.494 e. The highest BCUT2D eigenvalue weighted by Gasteiger charge is 2.29. The van der Waals surface area contributed by atoms with Crippen LogP contribution >= 0.6 is 0 Å². The van der Waals surface area contributed by atoms with Crippen molar-refractivity contribution in [1.29, 1.82) is 0 Å². The van der Waals surface area contributed by atoms with Gasteiger partial charge in [-0.25, -0.2) is 4.79 Å². The largest absolute Gasteiger partial charge is 0.494 e. The average molecular weight is 389 g/mol. The highest BCUT2D eigenvalue weighted by molar-refractivity contribution is 5.82. The van der Waals surface area contributed by atoms with Crippen molar-refractivity contribution in [3.63, 3.8) is 0 Å². The molecule has 0 heterocycles. The van der Waals surface area contributed by atoms with Crippen LogP contribution in [0.25, 0.3) is 0 Å². The van der Waals surface area contributed by atoms with Gasteiger partial charge in [-0.15, -0.1) is 0 Å². The summed E-state index contributed by atoms with van der Waals surface area (Å²) in [5, 5.41) is 0. The normalized spacial score (nSPS) is 19.4. The van der Waals surface area contributed by atoms with Crippen LogP contribution in [0.3, 0.4) is 0 Å². The van der Waals surface area contributed by atoms with Crippen LogP contribution in [0.4, 0.5) is 0 Å². The summed E-state index contributed by atoms with van der Waals surface area (Å²) < 4.78 is 16.6. The number of hydrogen-bond donors (Lipinski definition) is 0. The molecule has 0 bridgehead atoms. The number of ether oxygens (including phenoxy) is 3. The van der Waals surface area contributed by atoms with Gasteiger partial charge >= 0.3 is 11.9 Å². The van der Waals surface area contributed by atoms with E-state index in [-0.39, 0.29) is 24.0 Å². The monoisotopic (exact) mass is 388 g/mol. The topological polar surface area (TPSA) is 61.8 Å². The Kier molecular flexibility index (Phi) is 9.60. The summed E-state index contributed by atoms with van der Waals surface area (Å²) >= 11 is 0. The molecule has 0 radical (unpaired) electrons. The second-order valence-corrected chi connectivity index (χ2v) is 7.21. The molecule has 0 saturated heterocycles. The first-order valence-electron chi connectivity index (χ1n) is 10.4. The predicted molar refractivity (Wildman–Crippen MR) is 108 cm³/mol. The van der Waals surface area contributed by atoms with Gasteiger partial charge in [-0.3, -0.25) is 4.79 Å². The highest BCUT2D eigenvalue weighted by atomic mass is 16.5. The number of carbonyl (C=O) groups excluding carboxylic acids is 2. The van der Waals surface area contributed by atoms with Gasteiger partial charge in [-0.1, -0.05) is 32.3 Å². The molecular weight excluding hydrogens is 356 g/mol. The van der Waals surface area contributed by atoms with E-state index in [9.17, 15) is 9.59 Å². The zero-order valence-corrected chi connectivity index (χ0v) is 17.0. The van der Waals surface area contributed by atoms with Crippen molar-refractivity contribution in [3.8, 4) is 11.5 Å². The lowest BCUT2D eigenvalue weighted by Crippen LogP contribution is -2.29. The number of allylic oxidation sites excluding steroid dienone is 1. The second kappa shape index (κ2) is 12.2. The first-order valence-corrected chi connectivity index (χ1v) is 10.4. The first kappa shape index (κ1) is 22.0. The fraction of sp³-hybridized carbons (Fsp3) is 0.565. The molecule has 5 heteroatoms. The summed E-state index contributed by atoms with van der Waals surface area (Å²) in [6, 6.07) is 7.20. The summed E-state index contributed by atoms with van der Waals surface area (Å²) in [7, 11) is 0. The Morgan fingerprint density at radius 2 is 1.68 bits per heavy atom. The van der Waals surface area contributed by atoms with Crippen LogP contribution in [0.5, 0.6) is 11.5 Å². The maximum atomic E-state index is 12.4. The van der Waals surface area contributed by atoms with Gasteiger partial charge in [-0.05, 0) is 63.3 Å². The Morgan fingerprint density at radius 3 is 2.32 bits per heavy atom. The molecule has 28 heavy (non-hydrogen) atoms. The number of esters is 2. The average Bonchev–Trinajstić information content (AvgIpc) is 2.70. The lowest BCUT2D eigenvalue weighted by Gasteiger charge is -2.26. The molecule has 0 atom stereocenters. The summed E-state index contributed by atoms with van der Waals surface area (Å²) in [6.45, 7) is 4.67. The number of benzene rings is 1. The maximum Gasteiger partial charge on any atom is 0.330 e. The van der Waals surface area contributed by atoms with Crippen molar-refractivity contribution in [3.05, 3.63) is 36.4 Å². The van der Waals surface area contributed by atoms with Gasteiger partial charge in [0.1, 0.15) is 17.6 Å². The predicted octanol–water partition coefficient (Wildman–Crippen LogP) is 5.23. The van der Waals surface area contributed by atoms with Crippen molar-refractivity contribution in [2.45, 2.75) is 71.3 Å². The zero-order valence-electron chi connectivity index (χ0n) is 17.0. The van der Waals surface area contributed by atoms with Gasteiger partial charge in [0.15, 0.2) is 0 Å².